The van der Waals surface area contributed by atoms with Crippen molar-refractivity contribution in [2.24, 2.45) is 0 Å². The molecule has 3 aliphatic rings. The summed E-state index contributed by atoms with van der Waals surface area (Å²) in [5.41, 5.74) is 0.982. The van der Waals surface area contributed by atoms with Crippen molar-refractivity contribution in [2.75, 3.05) is 48.0 Å². The maximum Gasteiger partial charge on any atom is 0.416 e. The zero-order valence-electron chi connectivity index (χ0n) is 21.2. The summed E-state index contributed by atoms with van der Waals surface area (Å²) in [4.78, 5) is 30.1. The highest BCUT2D eigenvalue weighted by Crippen LogP contribution is 2.50. The minimum Gasteiger partial charge on any atom is -0.378 e. The summed E-state index contributed by atoms with van der Waals surface area (Å²) in [5, 5.41) is 5.63. The van der Waals surface area contributed by atoms with Gasteiger partial charge in [-0.15, -0.1) is 0 Å². The zero-order chi connectivity index (χ0) is 29.1. The summed E-state index contributed by atoms with van der Waals surface area (Å²) in [6, 6.07) is 5.50. The number of hydrogen-bond donors (Lipinski definition) is 2. The van der Waals surface area contributed by atoms with Gasteiger partial charge in [-0.05, 0) is 48.9 Å². The number of hydrogen-bond acceptors (Lipinski definition) is 4. The first-order valence-corrected chi connectivity index (χ1v) is 13.1. The lowest BCUT2D eigenvalue weighted by Crippen LogP contribution is -2.46. The molecule has 3 amide bonds. The van der Waals surface area contributed by atoms with Gasteiger partial charge < -0.3 is 20.3 Å². The number of nitrogens with one attached hydrogen (secondary N) is 2. The van der Waals surface area contributed by atoms with Crippen LogP contribution in [0.3, 0.4) is 0 Å². The van der Waals surface area contributed by atoms with Crippen LogP contribution in [-0.4, -0.2) is 44.8 Å². The number of ether oxygens (including phenoxy) is 1. The third-order valence-corrected chi connectivity index (χ3v) is 7.78. The molecule has 3 heterocycles. The van der Waals surface area contributed by atoms with Crippen LogP contribution in [-0.2, 0) is 17.3 Å². The lowest BCUT2D eigenvalue weighted by Gasteiger charge is -2.37. The number of alkyl halides is 3. The van der Waals surface area contributed by atoms with Crippen molar-refractivity contribution in [3.63, 3.8) is 0 Å². The van der Waals surface area contributed by atoms with E-state index >= 15 is 0 Å². The number of halogens is 6. The smallest absolute Gasteiger partial charge is 0.378 e. The largest absolute Gasteiger partial charge is 0.416 e. The van der Waals surface area contributed by atoms with E-state index in [0.29, 0.717) is 68.7 Å². The fourth-order valence-corrected chi connectivity index (χ4v) is 5.84. The van der Waals surface area contributed by atoms with Crippen molar-refractivity contribution >= 4 is 40.6 Å². The Morgan fingerprint density at radius 3 is 2.51 bits per heavy atom. The minimum atomic E-state index is -4.87. The lowest BCUT2D eigenvalue weighted by molar-refractivity contribution is -0.137. The van der Waals surface area contributed by atoms with Crippen LogP contribution < -0.4 is 20.4 Å². The molecule has 1 fully saturated rings. The summed E-state index contributed by atoms with van der Waals surface area (Å²) in [7, 11) is 0. The Bertz CT molecular complexity index is 1580. The molecule has 2 N–H and O–H groups in total. The van der Waals surface area contributed by atoms with Crippen molar-refractivity contribution < 1.29 is 36.3 Å². The number of nitrogens with zero attached hydrogens (tertiary/aromatic N) is 2. The second kappa shape index (κ2) is 10.2. The molecule has 1 atom stereocenters. The normalized spacial score (nSPS) is 18.3. The molecule has 6 rings (SSSR count). The predicted octanol–water partition coefficient (Wildman–Crippen LogP) is 5.90. The monoisotopic (exact) mass is 592 g/mol. The molecule has 0 radical (unpaired) electrons. The van der Waals surface area contributed by atoms with E-state index < -0.39 is 46.9 Å². The van der Waals surface area contributed by atoms with E-state index in [-0.39, 0.29) is 16.3 Å². The van der Waals surface area contributed by atoms with Gasteiger partial charge in [0.25, 0.3) is 5.91 Å². The van der Waals surface area contributed by atoms with E-state index in [1.807, 2.05) is 4.90 Å². The number of morpholine rings is 1. The van der Waals surface area contributed by atoms with Crippen molar-refractivity contribution in [2.45, 2.75) is 18.6 Å². The molecule has 3 aromatic carbocycles. The van der Waals surface area contributed by atoms with Crippen LogP contribution in [0.25, 0.3) is 0 Å². The molecule has 41 heavy (non-hydrogen) atoms. The van der Waals surface area contributed by atoms with Gasteiger partial charge in [-0.3, -0.25) is 9.69 Å². The van der Waals surface area contributed by atoms with Crippen LogP contribution in [0, 0.1) is 11.6 Å². The van der Waals surface area contributed by atoms with Crippen molar-refractivity contribution in [1.29, 1.82) is 0 Å². The number of amides is 3. The fraction of sp³-hybridized carbons (Fsp3) is 0.286. The van der Waals surface area contributed by atoms with Gasteiger partial charge in [-0.2, -0.15) is 13.2 Å². The van der Waals surface area contributed by atoms with E-state index in [1.54, 1.807) is 6.07 Å². The SMILES string of the molecule is O=C(Nc1cc(N2CCOCC2)c2c3c1C(c1cc(F)ccc1Cl)NC(=O)N3CC2)c1cc(F)cc(C(F)(F)F)c1. The third-order valence-electron chi connectivity index (χ3n) is 7.43. The Hall–Kier alpha value is -3.90. The van der Waals surface area contributed by atoms with Crippen molar-refractivity contribution in [1.82, 2.24) is 5.32 Å². The zero-order valence-corrected chi connectivity index (χ0v) is 22.0. The Morgan fingerprint density at radius 1 is 1.02 bits per heavy atom. The van der Waals surface area contributed by atoms with Crippen LogP contribution in [0.4, 0.5) is 43.8 Å². The number of rotatable bonds is 4. The summed E-state index contributed by atoms with van der Waals surface area (Å²) < 4.78 is 74.1. The molecule has 0 bridgehead atoms. The average molecular weight is 593 g/mol. The molecule has 7 nitrogen and oxygen atoms in total. The van der Waals surface area contributed by atoms with E-state index in [2.05, 4.69) is 10.6 Å². The van der Waals surface area contributed by atoms with Gasteiger partial charge in [-0.25, -0.2) is 13.6 Å². The van der Waals surface area contributed by atoms with Crippen molar-refractivity contribution in [3.8, 4) is 0 Å². The molecule has 0 aromatic heterocycles. The van der Waals surface area contributed by atoms with Gasteiger partial charge in [0.15, 0.2) is 0 Å². The average Bonchev–Trinajstić information content (AvgIpc) is 3.38. The number of urea groups is 1. The van der Waals surface area contributed by atoms with E-state index in [0.717, 1.165) is 11.3 Å². The Balaban J connectivity index is 1.53. The predicted molar refractivity (Wildman–Crippen MR) is 142 cm³/mol. The number of carbonyl (C=O) groups excluding carboxylic acids is 2. The molecular formula is C28H22ClF5N4O3. The van der Waals surface area contributed by atoms with Gasteiger partial charge >= 0.3 is 12.2 Å². The quantitative estimate of drug-likeness (QED) is 0.370. The summed E-state index contributed by atoms with van der Waals surface area (Å²) in [5.74, 6) is -2.82. The summed E-state index contributed by atoms with van der Waals surface area (Å²) in [6.07, 6.45) is -4.37. The first-order valence-electron chi connectivity index (χ1n) is 12.8. The van der Waals surface area contributed by atoms with Gasteiger partial charge in [0.2, 0.25) is 0 Å². The molecule has 0 spiro atoms. The molecule has 1 unspecified atom stereocenters. The van der Waals surface area contributed by atoms with Gasteiger partial charge in [0.1, 0.15) is 11.6 Å². The standard InChI is InChI=1S/C28H22ClF5N4O3/c29-20-2-1-16(30)12-19(20)24-23-21(35-26(39)14-9-15(28(32,33)34)11-17(31)10-14)13-22(37-5-7-41-8-6-37)18-3-4-38(25(18)23)27(40)36-24/h1-2,9-13,24H,3-8H2,(H,35,39)(H,36,40). The van der Waals surface area contributed by atoms with E-state index in [9.17, 15) is 31.5 Å². The maximum atomic E-state index is 14.4. The van der Waals surface area contributed by atoms with Gasteiger partial charge in [0, 0.05) is 52.6 Å². The third kappa shape index (κ3) is 4.95. The summed E-state index contributed by atoms with van der Waals surface area (Å²) in [6.45, 7) is 2.30. The number of anilines is 3. The second-order valence-corrected chi connectivity index (χ2v) is 10.3. The molecule has 3 aliphatic heterocycles. The molecule has 0 saturated carbocycles. The van der Waals surface area contributed by atoms with Crippen LogP contribution in [0.5, 0.6) is 0 Å². The molecule has 0 aliphatic carbocycles. The molecule has 3 aromatic rings. The Kier molecular flexibility index (Phi) is 6.77. The van der Waals surface area contributed by atoms with Crippen molar-refractivity contribution in [3.05, 3.63) is 86.9 Å². The van der Waals surface area contributed by atoms with Crippen LogP contribution in [0.2, 0.25) is 5.02 Å². The fourth-order valence-electron chi connectivity index (χ4n) is 5.61. The number of benzene rings is 3. The highest BCUT2D eigenvalue weighted by atomic mass is 35.5. The first-order chi connectivity index (χ1) is 19.5. The highest BCUT2D eigenvalue weighted by molar-refractivity contribution is 6.31. The maximum absolute atomic E-state index is 14.4. The molecular weight excluding hydrogens is 571 g/mol. The van der Waals surface area contributed by atoms with Crippen LogP contribution >= 0.6 is 11.6 Å². The van der Waals surface area contributed by atoms with Gasteiger partial charge in [0.05, 0.1) is 36.2 Å². The van der Waals surface area contributed by atoms with E-state index in [4.69, 9.17) is 16.3 Å². The highest BCUT2D eigenvalue weighted by Gasteiger charge is 2.41. The van der Waals surface area contributed by atoms with E-state index in [1.165, 1.54) is 23.1 Å². The summed E-state index contributed by atoms with van der Waals surface area (Å²) >= 11 is 6.43. The molecule has 214 valence electrons. The Morgan fingerprint density at radius 2 is 1.78 bits per heavy atom. The molecule has 13 heteroatoms. The first kappa shape index (κ1) is 27.3. The topological polar surface area (TPSA) is 73.9 Å². The van der Waals surface area contributed by atoms with Crippen LogP contribution in [0.1, 0.15) is 38.7 Å². The Labute approximate surface area is 235 Å². The van der Waals surface area contributed by atoms with Gasteiger partial charge in [-0.1, -0.05) is 11.6 Å². The lowest BCUT2D eigenvalue weighted by atomic mass is 9.90. The van der Waals surface area contributed by atoms with Crippen LogP contribution in [0.15, 0.2) is 42.5 Å². The number of carbonyl (C=O) groups is 2. The second-order valence-electron chi connectivity index (χ2n) is 9.91. The molecule has 1 saturated heterocycles. The minimum absolute atomic E-state index is 0.158.